The zero-order valence-corrected chi connectivity index (χ0v) is 11.3. The van der Waals surface area contributed by atoms with E-state index in [2.05, 4.69) is 15.7 Å². The minimum Gasteiger partial charge on any atom is -0.529 e. The molecule has 0 aliphatic carbocycles. The first-order valence-electron chi connectivity index (χ1n) is 3.80. The molecule has 0 amide bonds. The Morgan fingerprint density at radius 2 is 1.47 bits per heavy atom. The van der Waals surface area contributed by atoms with Gasteiger partial charge in [0.1, 0.15) is 0 Å². The molecular formula is C8H16O6Si. The van der Waals surface area contributed by atoms with Crippen molar-refractivity contribution in [2.24, 2.45) is 0 Å². The Labute approximate surface area is 91.4 Å². The number of carbonyl (C=O) groups is 3. The van der Waals surface area contributed by atoms with Crippen molar-refractivity contribution in [3.8, 4) is 0 Å². The van der Waals surface area contributed by atoms with Crippen LogP contribution in [-0.2, 0) is 23.5 Å². The summed E-state index contributed by atoms with van der Waals surface area (Å²) in [6.07, 6.45) is 1.10. The highest BCUT2D eigenvalue weighted by atomic mass is 28.2. The molecule has 88 valence electrons. The zero-order valence-electron chi connectivity index (χ0n) is 9.27. The van der Waals surface area contributed by atoms with Crippen molar-refractivity contribution in [3.63, 3.8) is 0 Å². The third-order valence-corrected chi connectivity index (χ3v) is 1.11. The van der Waals surface area contributed by atoms with Gasteiger partial charge in [0.15, 0.2) is 0 Å². The van der Waals surface area contributed by atoms with Crippen LogP contribution in [0.1, 0.15) is 20.8 Å². The lowest BCUT2D eigenvalue weighted by molar-refractivity contribution is -0.136. The van der Waals surface area contributed by atoms with Crippen molar-refractivity contribution in [2.75, 3.05) is 0 Å². The van der Waals surface area contributed by atoms with E-state index in [4.69, 9.17) is 9.90 Å². The number of esters is 1. The van der Waals surface area contributed by atoms with Crippen LogP contribution >= 0.6 is 0 Å². The molecule has 0 spiro atoms. The maximum atomic E-state index is 9.75. The number of carboxylic acids is 1. The molecule has 0 atom stereocenters. The summed E-state index contributed by atoms with van der Waals surface area (Å²) >= 11 is 0. The van der Waals surface area contributed by atoms with Crippen LogP contribution in [0.2, 0.25) is 0 Å². The zero-order chi connectivity index (χ0) is 12.9. The van der Waals surface area contributed by atoms with Gasteiger partial charge in [-0.05, 0) is 0 Å². The van der Waals surface area contributed by atoms with Crippen molar-refractivity contribution in [1.29, 1.82) is 0 Å². The largest absolute Gasteiger partial charge is 0.529 e. The molecule has 15 heavy (non-hydrogen) atoms. The van der Waals surface area contributed by atoms with E-state index < -0.39 is 5.97 Å². The fourth-order valence-corrected chi connectivity index (χ4v) is 0.117. The van der Waals surface area contributed by atoms with Gasteiger partial charge in [0.2, 0.25) is 10.5 Å². The molecule has 0 aromatic heterocycles. The number of hydrogen-bond donors (Lipinski definition) is 1. The van der Waals surface area contributed by atoms with E-state index in [1.807, 2.05) is 0 Å². The van der Waals surface area contributed by atoms with E-state index in [-0.39, 0.29) is 11.9 Å². The Bertz CT molecular complexity index is 209. The Balaban J connectivity index is -0.000000147. The van der Waals surface area contributed by atoms with Crippen LogP contribution in [0.4, 0.5) is 0 Å². The molecule has 0 aliphatic rings. The quantitative estimate of drug-likeness (QED) is 0.379. The van der Waals surface area contributed by atoms with Crippen LogP contribution in [-0.4, -0.2) is 33.5 Å². The molecule has 0 aliphatic heterocycles. The van der Waals surface area contributed by atoms with Crippen molar-refractivity contribution in [1.82, 2.24) is 0 Å². The maximum absolute atomic E-state index is 9.75. The molecular weight excluding hydrogens is 220 g/mol. The number of ether oxygens (including phenoxy) is 1. The van der Waals surface area contributed by atoms with Crippen LogP contribution in [0, 0.1) is 0 Å². The molecule has 0 saturated heterocycles. The number of carboxylic acid groups (broad SMARTS) is 1. The standard InChI is InChI=1S/C4H6O2.C2H6O2Si.C2H4O2/c1-3-6-4(2)5;1-2(3)4-5;1-2(3)4/h3H,1H2,2H3;1,5H3;1H3,(H,3,4). The van der Waals surface area contributed by atoms with Gasteiger partial charge in [-0.15, -0.1) is 0 Å². The van der Waals surface area contributed by atoms with E-state index >= 15 is 0 Å². The van der Waals surface area contributed by atoms with Crippen LogP contribution < -0.4 is 0 Å². The van der Waals surface area contributed by atoms with E-state index in [1.54, 1.807) is 0 Å². The number of carbonyl (C=O) groups excluding carboxylic acids is 2. The lowest BCUT2D eigenvalue weighted by Gasteiger charge is -1.83. The van der Waals surface area contributed by atoms with Gasteiger partial charge in [-0.25, -0.2) is 0 Å². The highest BCUT2D eigenvalue weighted by Crippen LogP contribution is 1.70. The molecule has 6 nitrogen and oxygen atoms in total. The third-order valence-electron chi connectivity index (χ3n) is 0.537. The second-order valence-corrected chi connectivity index (χ2v) is 2.40. The van der Waals surface area contributed by atoms with Gasteiger partial charge in [-0.3, -0.25) is 14.4 Å². The summed E-state index contributed by atoms with van der Waals surface area (Å²) < 4.78 is 8.42. The normalized spacial score (nSPS) is 6.87. The molecule has 0 heterocycles. The number of aliphatic carboxylic acids is 1. The van der Waals surface area contributed by atoms with Gasteiger partial charge >= 0.3 is 5.97 Å². The van der Waals surface area contributed by atoms with Gasteiger partial charge in [0, 0.05) is 20.8 Å². The molecule has 0 aromatic rings. The Kier molecular flexibility index (Phi) is 18.9. The number of rotatable bonds is 1. The smallest absolute Gasteiger partial charge is 0.307 e. The average molecular weight is 236 g/mol. The van der Waals surface area contributed by atoms with Gasteiger partial charge in [0.25, 0.3) is 11.9 Å². The molecule has 0 radical (unpaired) electrons. The van der Waals surface area contributed by atoms with E-state index in [9.17, 15) is 9.59 Å². The number of hydrogen-bond acceptors (Lipinski definition) is 5. The van der Waals surface area contributed by atoms with Crippen LogP contribution in [0.15, 0.2) is 12.8 Å². The van der Waals surface area contributed by atoms with Crippen LogP contribution in [0.5, 0.6) is 0 Å². The average Bonchev–Trinajstić information content (AvgIpc) is 2.03. The Morgan fingerprint density at radius 1 is 1.20 bits per heavy atom. The molecule has 0 bridgehead atoms. The van der Waals surface area contributed by atoms with Crippen molar-refractivity contribution < 1.29 is 28.7 Å². The highest BCUT2D eigenvalue weighted by Gasteiger charge is 1.79. The van der Waals surface area contributed by atoms with Gasteiger partial charge in [-0.2, -0.15) is 0 Å². The van der Waals surface area contributed by atoms with Crippen LogP contribution in [0.3, 0.4) is 0 Å². The first-order valence-corrected chi connectivity index (χ1v) is 4.61. The van der Waals surface area contributed by atoms with Gasteiger partial charge in [-0.1, -0.05) is 6.58 Å². The summed E-state index contributed by atoms with van der Waals surface area (Å²) in [6, 6.07) is 0. The SMILES string of the molecule is C=COC(C)=O.CC(=O)O.CC(=O)O[SiH3]. The summed E-state index contributed by atoms with van der Waals surface area (Å²) in [7, 11) is 0.524. The van der Waals surface area contributed by atoms with E-state index in [0.29, 0.717) is 10.5 Å². The monoisotopic (exact) mass is 236 g/mol. The molecule has 7 heteroatoms. The van der Waals surface area contributed by atoms with Crippen molar-refractivity contribution in [3.05, 3.63) is 12.8 Å². The fourth-order valence-electron chi connectivity index (χ4n) is 0.117. The van der Waals surface area contributed by atoms with Crippen molar-refractivity contribution in [2.45, 2.75) is 20.8 Å². The molecule has 0 fully saturated rings. The first-order chi connectivity index (χ1) is 6.77. The minimum absolute atomic E-state index is 0.184. The highest BCUT2D eigenvalue weighted by molar-refractivity contribution is 6.04. The molecule has 1 N–H and O–H groups in total. The van der Waals surface area contributed by atoms with Crippen LogP contribution in [0.25, 0.3) is 0 Å². The van der Waals surface area contributed by atoms with Gasteiger partial charge in [0.05, 0.1) is 6.26 Å². The molecule has 0 aromatic carbocycles. The topological polar surface area (TPSA) is 89.9 Å². The molecule has 0 unspecified atom stereocenters. The minimum atomic E-state index is -0.833. The van der Waals surface area contributed by atoms with Gasteiger partial charge < -0.3 is 14.3 Å². The third kappa shape index (κ3) is 117. The van der Waals surface area contributed by atoms with E-state index in [0.717, 1.165) is 13.2 Å². The summed E-state index contributed by atoms with van der Waals surface area (Å²) in [5.74, 6) is -1.35. The summed E-state index contributed by atoms with van der Waals surface area (Å²) in [5, 5.41) is 7.42. The second kappa shape index (κ2) is 14.9. The lowest BCUT2D eigenvalue weighted by atomic mass is 10.8. The molecule has 0 saturated carbocycles. The molecule has 0 rings (SSSR count). The predicted octanol–water partition coefficient (Wildman–Crippen LogP) is -0.386. The first kappa shape index (κ1) is 19.0. The predicted molar refractivity (Wildman–Crippen MR) is 57.0 cm³/mol. The fraction of sp³-hybridized carbons (Fsp3) is 0.375. The summed E-state index contributed by atoms with van der Waals surface area (Å²) in [5.41, 5.74) is 0. The Morgan fingerprint density at radius 3 is 1.47 bits per heavy atom. The van der Waals surface area contributed by atoms with Crippen molar-refractivity contribution >= 4 is 28.4 Å². The van der Waals surface area contributed by atoms with E-state index in [1.165, 1.54) is 13.8 Å². The Hall–Kier alpha value is -1.63. The summed E-state index contributed by atoms with van der Waals surface area (Å²) in [4.78, 5) is 28.4. The summed E-state index contributed by atoms with van der Waals surface area (Å²) in [6.45, 7) is 6.96. The maximum Gasteiger partial charge on any atom is 0.307 e. The lowest BCUT2D eigenvalue weighted by Crippen LogP contribution is -1.90. The second-order valence-electron chi connectivity index (χ2n) is 1.99.